The van der Waals surface area contributed by atoms with Crippen molar-refractivity contribution in [2.45, 2.75) is 104 Å². The molecule has 0 unspecified atom stereocenters. The number of hydrogen-bond acceptors (Lipinski definition) is 1. The summed E-state index contributed by atoms with van der Waals surface area (Å²) in [4.78, 5) is 0. The number of hydrogen-bond donors (Lipinski definition) is 0. The van der Waals surface area contributed by atoms with Crippen molar-refractivity contribution in [3.63, 3.8) is 0 Å². The van der Waals surface area contributed by atoms with E-state index < -0.39 is 0 Å². The summed E-state index contributed by atoms with van der Waals surface area (Å²) in [5, 5.41) is 0. The minimum Gasteiger partial charge on any atom is -0.369 e. The molecule has 0 atom stereocenters. The van der Waals surface area contributed by atoms with Gasteiger partial charge in [0.05, 0.1) is 11.2 Å². The van der Waals surface area contributed by atoms with Gasteiger partial charge in [0, 0.05) is 0 Å². The van der Waals surface area contributed by atoms with Gasteiger partial charge in [-0.15, -0.1) is 0 Å². The lowest BCUT2D eigenvalue weighted by Gasteiger charge is -2.54. The quantitative estimate of drug-likeness (QED) is 0.558. The fraction of sp³-hybridized carbons (Fsp3) is 1.00. The van der Waals surface area contributed by atoms with E-state index in [1.807, 2.05) is 0 Å². The summed E-state index contributed by atoms with van der Waals surface area (Å²) in [5.41, 5.74) is 0.378. The second-order valence-electron chi connectivity index (χ2n) is 9.19. The van der Waals surface area contributed by atoms with Crippen LogP contribution in [0.25, 0.3) is 0 Å². The van der Waals surface area contributed by atoms with E-state index in [-0.39, 0.29) is 11.2 Å². The van der Waals surface area contributed by atoms with Crippen LogP contribution in [-0.4, -0.2) is 11.2 Å². The van der Waals surface area contributed by atoms with Gasteiger partial charge in [0.2, 0.25) is 0 Å². The molecule has 4 aliphatic rings. The van der Waals surface area contributed by atoms with Crippen LogP contribution in [0.3, 0.4) is 0 Å². The van der Waals surface area contributed by atoms with E-state index in [0.717, 1.165) is 23.7 Å². The van der Waals surface area contributed by atoms with E-state index in [0.29, 0.717) is 0 Å². The molecule has 0 aromatic heterocycles. The Labute approximate surface area is 133 Å². The van der Waals surface area contributed by atoms with Gasteiger partial charge < -0.3 is 4.74 Å². The van der Waals surface area contributed by atoms with E-state index in [9.17, 15) is 0 Å². The van der Waals surface area contributed by atoms with E-state index in [4.69, 9.17) is 4.74 Å². The molecule has 0 radical (unpaired) electrons. The molecule has 124 valence electrons. The van der Waals surface area contributed by atoms with Gasteiger partial charge in [-0.1, -0.05) is 33.6 Å². The van der Waals surface area contributed by atoms with Crippen LogP contribution in [0.1, 0.15) is 92.9 Å². The fourth-order valence-electron chi connectivity index (χ4n) is 4.70. The second kappa shape index (κ2) is 6.60. The maximum absolute atomic E-state index is 6.06. The molecule has 2 saturated heterocycles. The highest BCUT2D eigenvalue weighted by molar-refractivity contribution is 4.97. The van der Waals surface area contributed by atoms with Crippen LogP contribution in [-0.2, 0) is 4.74 Å². The SMILES string of the molecule is CC12CCC(CC1)C(C)(C)O2.CC1CCC(C(C)C)CC1. The first-order valence-electron chi connectivity index (χ1n) is 9.42. The average molecular weight is 295 g/mol. The van der Waals surface area contributed by atoms with Crippen LogP contribution in [0.15, 0.2) is 0 Å². The van der Waals surface area contributed by atoms with Crippen LogP contribution in [0, 0.1) is 23.7 Å². The second-order valence-corrected chi connectivity index (χ2v) is 9.19. The van der Waals surface area contributed by atoms with Crippen molar-refractivity contribution in [2.75, 3.05) is 0 Å². The molecule has 1 heteroatoms. The summed E-state index contributed by atoms with van der Waals surface area (Å²) in [6.07, 6.45) is 11.2. The molecule has 2 heterocycles. The Hall–Kier alpha value is -0.0400. The van der Waals surface area contributed by atoms with E-state index in [1.165, 1.54) is 51.4 Å². The van der Waals surface area contributed by atoms with Gasteiger partial charge in [0.1, 0.15) is 0 Å². The Bertz CT molecular complexity index is 312. The number of fused-ring (bicyclic) bond motifs is 3. The van der Waals surface area contributed by atoms with Crippen molar-refractivity contribution < 1.29 is 4.74 Å². The van der Waals surface area contributed by atoms with Crippen LogP contribution in [0.4, 0.5) is 0 Å². The lowest BCUT2D eigenvalue weighted by Crippen LogP contribution is -2.53. The first-order valence-corrected chi connectivity index (χ1v) is 9.42. The summed E-state index contributed by atoms with van der Waals surface area (Å²) in [6.45, 7) is 13.9. The van der Waals surface area contributed by atoms with Gasteiger partial charge in [0.15, 0.2) is 0 Å². The molecular weight excluding hydrogens is 256 g/mol. The third-order valence-corrected chi connectivity index (χ3v) is 6.54. The van der Waals surface area contributed by atoms with Crippen molar-refractivity contribution in [3.05, 3.63) is 0 Å². The van der Waals surface area contributed by atoms with Gasteiger partial charge in [-0.3, -0.25) is 0 Å². The first kappa shape index (κ1) is 17.3. The topological polar surface area (TPSA) is 9.23 Å². The zero-order valence-corrected chi connectivity index (χ0v) is 15.4. The highest BCUT2D eigenvalue weighted by Crippen LogP contribution is 2.49. The maximum Gasteiger partial charge on any atom is 0.0662 e. The van der Waals surface area contributed by atoms with Crippen molar-refractivity contribution in [2.24, 2.45) is 23.7 Å². The van der Waals surface area contributed by atoms with E-state index >= 15 is 0 Å². The molecule has 0 aromatic rings. The van der Waals surface area contributed by atoms with Crippen molar-refractivity contribution >= 4 is 0 Å². The smallest absolute Gasteiger partial charge is 0.0662 e. The average Bonchev–Trinajstić information content (AvgIpc) is 2.38. The molecule has 2 aliphatic heterocycles. The zero-order valence-electron chi connectivity index (χ0n) is 15.4. The van der Waals surface area contributed by atoms with Crippen molar-refractivity contribution in [1.29, 1.82) is 0 Å². The molecule has 2 aliphatic carbocycles. The number of rotatable bonds is 1. The predicted molar refractivity (Wildman–Crippen MR) is 91.5 cm³/mol. The molecular formula is C20H38O. The molecule has 1 nitrogen and oxygen atoms in total. The van der Waals surface area contributed by atoms with Crippen LogP contribution in [0.5, 0.6) is 0 Å². The van der Waals surface area contributed by atoms with Gasteiger partial charge in [-0.2, -0.15) is 0 Å². The summed E-state index contributed by atoms with van der Waals surface area (Å²) >= 11 is 0. The van der Waals surface area contributed by atoms with Gasteiger partial charge >= 0.3 is 0 Å². The zero-order chi connectivity index (χ0) is 15.7. The Morgan fingerprint density at radius 1 is 0.857 bits per heavy atom. The van der Waals surface area contributed by atoms with Gasteiger partial charge in [-0.05, 0) is 83.0 Å². The van der Waals surface area contributed by atoms with Crippen molar-refractivity contribution in [3.8, 4) is 0 Å². The Balaban J connectivity index is 0.000000155. The lowest BCUT2D eigenvalue weighted by molar-refractivity contribution is -0.229. The predicted octanol–water partition coefficient (Wildman–Crippen LogP) is 6.21. The highest BCUT2D eigenvalue weighted by Gasteiger charge is 2.48. The first-order chi connectivity index (χ1) is 9.72. The normalized spacial score (nSPS) is 41.6. The Morgan fingerprint density at radius 2 is 1.38 bits per heavy atom. The summed E-state index contributed by atoms with van der Waals surface area (Å²) in [7, 11) is 0. The van der Waals surface area contributed by atoms with Gasteiger partial charge in [0.25, 0.3) is 0 Å². The summed E-state index contributed by atoms with van der Waals surface area (Å²) in [6, 6.07) is 0. The molecule has 21 heavy (non-hydrogen) atoms. The van der Waals surface area contributed by atoms with Crippen LogP contribution < -0.4 is 0 Å². The lowest BCUT2D eigenvalue weighted by atomic mass is 9.69. The minimum atomic E-state index is 0.158. The Morgan fingerprint density at radius 3 is 1.71 bits per heavy atom. The molecule has 0 spiro atoms. The van der Waals surface area contributed by atoms with Crippen LogP contribution in [0.2, 0.25) is 0 Å². The molecule has 2 bridgehead atoms. The summed E-state index contributed by atoms with van der Waals surface area (Å²) < 4.78 is 6.06. The third kappa shape index (κ3) is 4.47. The van der Waals surface area contributed by atoms with Crippen LogP contribution >= 0.6 is 0 Å². The highest BCUT2D eigenvalue weighted by atomic mass is 16.5. The molecule has 2 saturated carbocycles. The minimum absolute atomic E-state index is 0.158. The standard InChI is InChI=1S/C10H18O.C10H20/c1-9(2)8-4-6-10(3,11-9)7-5-8;1-8(2)10-6-4-9(3)5-7-10/h8H,4-7H2,1-3H3;8-10H,4-7H2,1-3H3. The molecule has 0 aromatic carbocycles. The fourth-order valence-corrected chi connectivity index (χ4v) is 4.70. The molecule has 0 N–H and O–H groups in total. The summed E-state index contributed by atoms with van der Waals surface area (Å²) in [5.74, 6) is 3.79. The largest absolute Gasteiger partial charge is 0.369 e. The number of ether oxygens (including phenoxy) is 1. The Kier molecular flexibility index (Phi) is 5.45. The van der Waals surface area contributed by atoms with E-state index in [1.54, 1.807) is 0 Å². The monoisotopic (exact) mass is 294 g/mol. The van der Waals surface area contributed by atoms with Crippen molar-refractivity contribution in [1.82, 2.24) is 0 Å². The maximum atomic E-state index is 6.06. The molecule has 0 amide bonds. The van der Waals surface area contributed by atoms with E-state index in [2.05, 4.69) is 41.5 Å². The van der Waals surface area contributed by atoms with Gasteiger partial charge in [-0.25, -0.2) is 0 Å². The molecule has 4 rings (SSSR count). The molecule has 4 fully saturated rings. The third-order valence-electron chi connectivity index (χ3n) is 6.54.